The van der Waals surface area contributed by atoms with E-state index in [4.69, 9.17) is 0 Å². The second-order valence-electron chi connectivity index (χ2n) is 5.47. The molecule has 0 bridgehead atoms. The number of sulfonamides is 1. The van der Waals surface area contributed by atoms with Crippen LogP contribution in [0.3, 0.4) is 0 Å². The van der Waals surface area contributed by atoms with Crippen molar-refractivity contribution in [2.24, 2.45) is 0 Å². The molecular weight excluding hydrogens is 294 g/mol. The van der Waals surface area contributed by atoms with Crippen LogP contribution in [0.5, 0.6) is 0 Å². The first kappa shape index (κ1) is 16.2. The van der Waals surface area contributed by atoms with Crippen molar-refractivity contribution in [3.8, 4) is 0 Å². The molecule has 7 nitrogen and oxygen atoms in total. The van der Waals surface area contributed by atoms with Crippen LogP contribution in [-0.2, 0) is 16.7 Å². The van der Waals surface area contributed by atoms with Crippen molar-refractivity contribution in [2.75, 3.05) is 27.2 Å². The van der Waals surface area contributed by atoms with Crippen LogP contribution >= 0.6 is 0 Å². The van der Waals surface area contributed by atoms with Crippen LogP contribution < -0.4 is 5.56 Å². The van der Waals surface area contributed by atoms with E-state index in [1.807, 2.05) is 4.90 Å². The van der Waals surface area contributed by atoms with Gasteiger partial charge in [-0.1, -0.05) is 0 Å². The molecule has 0 spiro atoms. The number of aliphatic hydroxyl groups is 1. The van der Waals surface area contributed by atoms with E-state index in [1.54, 1.807) is 0 Å². The van der Waals surface area contributed by atoms with Crippen molar-refractivity contribution < 1.29 is 13.5 Å². The van der Waals surface area contributed by atoms with Gasteiger partial charge in [-0.05, 0) is 18.9 Å². The maximum Gasteiger partial charge on any atom is 0.251 e. The molecule has 1 atom stereocenters. The fourth-order valence-corrected chi connectivity index (χ4v) is 3.28. The summed E-state index contributed by atoms with van der Waals surface area (Å²) in [5.41, 5.74) is -0.257. The van der Waals surface area contributed by atoms with Gasteiger partial charge >= 0.3 is 0 Å². The van der Waals surface area contributed by atoms with Crippen LogP contribution in [0.4, 0.5) is 0 Å². The number of hydrogen-bond acceptors (Lipinski definition) is 5. The van der Waals surface area contributed by atoms with Gasteiger partial charge in [0.25, 0.3) is 5.56 Å². The Labute approximate surface area is 124 Å². The summed E-state index contributed by atoms with van der Waals surface area (Å²) in [7, 11) is -0.662. The molecular formula is C13H21N3O4S. The number of nitrogens with zero attached hydrogens (tertiary/aromatic N) is 3. The minimum atomic E-state index is -3.56. The average molecular weight is 315 g/mol. The number of aromatic nitrogens is 1. The maximum atomic E-state index is 12.1. The van der Waals surface area contributed by atoms with Gasteiger partial charge in [-0.3, -0.25) is 9.69 Å². The quantitative estimate of drug-likeness (QED) is 0.811. The van der Waals surface area contributed by atoms with Gasteiger partial charge in [-0.25, -0.2) is 12.7 Å². The fourth-order valence-electron chi connectivity index (χ4n) is 2.36. The summed E-state index contributed by atoms with van der Waals surface area (Å²) < 4.78 is 26.7. The Morgan fingerprint density at radius 1 is 1.38 bits per heavy atom. The van der Waals surface area contributed by atoms with Gasteiger partial charge in [0.1, 0.15) is 0 Å². The maximum absolute atomic E-state index is 12.1. The lowest BCUT2D eigenvalue weighted by molar-refractivity contribution is 0.0534. The number of β-amino-alcohol motifs (C(OH)–C–C–N with tert-alkyl or cyclic N) is 1. The molecule has 0 aliphatic carbocycles. The zero-order chi connectivity index (χ0) is 15.6. The first-order valence-corrected chi connectivity index (χ1v) is 8.28. The van der Waals surface area contributed by atoms with E-state index < -0.39 is 10.0 Å². The molecule has 0 unspecified atom stereocenters. The summed E-state index contributed by atoms with van der Waals surface area (Å²) in [6, 6.07) is 2.58. The molecule has 1 aromatic rings. The topological polar surface area (TPSA) is 82.9 Å². The van der Waals surface area contributed by atoms with Crippen molar-refractivity contribution in [3.63, 3.8) is 0 Å². The highest BCUT2D eigenvalue weighted by Crippen LogP contribution is 2.13. The average Bonchev–Trinajstić information content (AvgIpc) is 2.41. The smallest absolute Gasteiger partial charge is 0.251 e. The molecule has 21 heavy (non-hydrogen) atoms. The van der Waals surface area contributed by atoms with E-state index in [0.29, 0.717) is 6.54 Å². The number of piperidine rings is 1. The van der Waals surface area contributed by atoms with E-state index in [9.17, 15) is 18.3 Å². The standard InChI is InChI=1S/C13H21N3O4S/c1-14(2)21(19,20)12-5-6-13(18)16(9-12)10-15-7-3-4-11(17)8-15/h5-6,9,11,17H,3-4,7-8,10H2,1-2H3/t11-/m0/s1. The molecule has 2 rings (SSSR count). The second-order valence-corrected chi connectivity index (χ2v) is 7.63. The highest BCUT2D eigenvalue weighted by Gasteiger charge is 2.20. The minimum Gasteiger partial charge on any atom is -0.392 e. The zero-order valence-corrected chi connectivity index (χ0v) is 13.1. The Bertz CT molecular complexity index is 654. The third-order valence-corrected chi connectivity index (χ3v) is 5.37. The molecule has 1 saturated heterocycles. The summed E-state index contributed by atoms with van der Waals surface area (Å²) in [4.78, 5) is 13.9. The van der Waals surface area contributed by atoms with Crippen LogP contribution in [0.2, 0.25) is 0 Å². The van der Waals surface area contributed by atoms with Gasteiger partial charge in [0.2, 0.25) is 10.0 Å². The van der Waals surface area contributed by atoms with Crippen molar-refractivity contribution >= 4 is 10.0 Å². The summed E-state index contributed by atoms with van der Waals surface area (Å²) in [6.45, 7) is 1.57. The summed E-state index contributed by atoms with van der Waals surface area (Å²) >= 11 is 0. The SMILES string of the molecule is CN(C)S(=O)(=O)c1ccc(=O)n(CN2CCC[C@H](O)C2)c1. The highest BCUT2D eigenvalue weighted by atomic mass is 32.2. The number of rotatable bonds is 4. The molecule has 1 aliphatic heterocycles. The molecule has 1 fully saturated rings. The lowest BCUT2D eigenvalue weighted by Gasteiger charge is -2.30. The first-order chi connectivity index (χ1) is 9.80. The highest BCUT2D eigenvalue weighted by molar-refractivity contribution is 7.89. The predicted molar refractivity (Wildman–Crippen MR) is 78.4 cm³/mol. The van der Waals surface area contributed by atoms with Gasteiger partial charge in [-0.15, -0.1) is 0 Å². The number of likely N-dealkylation sites (tertiary alicyclic amines) is 1. The Hall–Kier alpha value is -1.22. The Morgan fingerprint density at radius 2 is 2.10 bits per heavy atom. The van der Waals surface area contributed by atoms with Crippen LogP contribution in [-0.4, -0.2) is 60.6 Å². The normalized spacial score (nSPS) is 20.9. The van der Waals surface area contributed by atoms with Crippen molar-refractivity contribution in [1.29, 1.82) is 0 Å². The third-order valence-electron chi connectivity index (χ3n) is 3.57. The first-order valence-electron chi connectivity index (χ1n) is 6.84. The number of aliphatic hydroxyl groups excluding tert-OH is 1. The van der Waals surface area contributed by atoms with Gasteiger partial charge in [-0.2, -0.15) is 0 Å². The van der Waals surface area contributed by atoms with Crippen LogP contribution in [0.25, 0.3) is 0 Å². The Balaban J connectivity index is 2.26. The minimum absolute atomic E-state index is 0.0876. The van der Waals surface area contributed by atoms with Crippen molar-refractivity contribution in [3.05, 3.63) is 28.7 Å². The van der Waals surface area contributed by atoms with E-state index in [1.165, 1.54) is 37.0 Å². The third kappa shape index (κ3) is 3.70. The molecule has 1 aliphatic rings. The molecule has 8 heteroatoms. The molecule has 1 aromatic heterocycles. The lowest BCUT2D eigenvalue weighted by Crippen LogP contribution is -2.41. The molecule has 2 heterocycles. The molecule has 0 saturated carbocycles. The second kappa shape index (κ2) is 6.27. The summed E-state index contributed by atoms with van der Waals surface area (Å²) in [6.07, 6.45) is 2.60. The van der Waals surface area contributed by atoms with Crippen LogP contribution in [0.15, 0.2) is 28.0 Å². The molecule has 1 N–H and O–H groups in total. The van der Waals surface area contributed by atoms with E-state index in [-0.39, 0.29) is 23.2 Å². The fraction of sp³-hybridized carbons (Fsp3) is 0.615. The van der Waals surface area contributed by atoms with Crippen molar-refractivity contribution in [1.82, 2.24) is 13.8 Å². The molecule has 0 amide bonds. The van der Waals surface area contributed by atoms with E-state index >= 15 is 0 Å². The van der Waals surface area contributed by atoms with Gasteiger partial charge in [0.15, 0.2) is 0 Å². The molecule has 118 valence electrons. The van der Waals surface area contributed by atoms with Gasteiger partial charge in [0, 0.05) is 39.4 Å². The van der Waals surface area contributed by atoms with E-state index in [0.717, 1.165) is 23.7 Å². The van der Waals surface area contributed by atoms with Crippen LogP contribution in [0.1, 0.15) is 12.8 Å². The number of hydrogen-bond donors (Lipinski definition) is 1. The van der Waals surface area contributed by atoms with Gasteiger partial charge < -0.3 is 9.67 Å². The van der Waals surface area contributed by atoms with Crippen molar-refractivity contribution in [2.45, 2.75) is 30.5 Å². The zero-order valence-electron chi connectivity index (χ0n) is 12.3. The Morgan fingerprint density at radius 3 is 2.71 bits per heavy atom. The largest absolute Gasteiger partial charge is 0.392 e. The lowest BCUT2D eigenvalue weighted by atomic mass is 10.1. The predicted octanol–water partition coefficient (Wildman–Crippen LogP) is -0.487. The molecule has 0 radical (unpaired) electrons. The number of pyridine rings is 1. The summed E-state index contributed by atoms with van der Waals surface area (Å²) in [5.74, 6) is 0. The Kier molecular flexibility index (Phi) is 4.82. The van der Waals surface area contributed by atoms with Crippen LogP contribution in [0, 0.1) is 0 Å². The summed E-state index contributed by atoms with van der Waals surface area (Å²) in [5, 5.41) is 9.65. The van der Waals surface area contributed by atoms with E-state index in [2.05, 4.69) is 0 Å². The monoisotopic (exact) mass is 315 g/mol. The van der Waals surface area contributed by atoms with Gasteiger partial charge in [0.05, 0.1) is 17.7 Å². The molecule has 0 aromatic carbocycles.